The summed E-state index contributed by atoms with van der Waals surface area (Å²) in [7, 11) is 1.64. The first-order valence-electron chi connectivity index (χ1n) is 9.79. The Morgan fingerprint density at radius 3 is 2.59 bits per heavy atom. The van der Waals surface area contributed by atoms with Crippen molar-refractivity contribution < 1.29 is 9.53 Å². The zero-order valence-corrected chi connectivity index (χ0v) is 16.7. The lowest BCUT2D eigenvalue weighted by Crippen LogP contribution is -2.41. The van der Waals surface area contributed by atoms with E-state index in [9.17, 15) is 4.79 Å². The second-order valence-corrected chi connectivity index (χ2v) is 7.16. The molecule has 0 spiro atoms. The van der Waals surface area contributed by atoms with E-state index in [1.54, 1.807) is 7.11 Å². The minimum atomic E-state index is -0.307. The van der Waals surface area contributed by atoms with Crippen molar-refractivity contribution in [3.05, 3.63) is 71.8 Å². The number of methoxy groups -OCH3 is 1. The highest BCUT2D eigenvalue weighted by molar-refractivity contribution is 5.81. The van der Waals surface area contributed by atoms with Crippen molar-refractivity contribution in [2.24, 2.45) is 0 Å². The number of carbonyl (C=O) groups excluding carboxylic acids is 1. The van der Waals surface area contributed by atoms with E-state index in [2.05, 4.69) is 15.5 Å². The molecular weight excluding hydrogens is 366 g/mol. The number of carbonyl (C=O) groups is 1. The number of anilines is 1. The van der Waals surface area contributed by atoms with Gasteiger partial charge in [0.25, 0.3) is 0 Å². The summed E-state index contributed by atoms with van der Waals surface area (Å²) >= 11 is 0. The van der Waals surface area contributed by atoms with E-state index in [-0.39, 0.29) is 11.9 Å². The van der Waals surface area contributed by atoms with E-state index in [0.717, 1.165) is 35.2 Å². The number of hydrogen-bond acceptors (Lipinski definition) is 5. The Morgan fingerprint density at radius 1 is 1.10 bits per heavy atom. The molecular formula is C22H25N5O2. The summed E-state index contributed by atoms with van der Waals surface area (Å²) in [6.45, 7) is 3.67. The van der Waals surface area contributed by atoms with Crippen molar-refractivity contribution >= 4 is 11.6 Å². The molecule has 0 radical (unpaired) electrons. The molecule has 0 aliphatic carbocycles. The molecule has 0 fully saturated rings. The molecule has 1 N–H and O–H groups in total. The van der Waals surface area contributed by atoms with E-state index >= 15 is 0 Å². The number of amides is 1. The van der Waals surface area contributed by atoms with Crippen molar-refractivity contribution in [3.8, 4) is 5.75 Å². The Bertz CT molecular complexity index is 969. The largest absolute Gasteiger partial charge is 0.497 e. The van der Waals surface area contributed by atoms with E-state index in [4.69, 9.17) is 4.74 Å². The Morgan fingerprint density at radius 2 is 1.86 bits per heavy atom. The molecule has 2 heterocycles. The maximum Gasteiger partial charge on any atom is 0.246 e. The standard InChI is InChI=1S/C22H25N5O2/c1-16-22(28)26(14-17-8-10-19(29-2)11-9-17)15-21-25-24-20(27(16)21)12-13-23-18-6-4-3-5-7-18/h3-11,16,23H,12-15H2,1-2H3/t16-/m0/s1. The maximum absolute atomic E-state index is 13.0. The van der Waals surface area contributed by atoms with Crippen LogP contribution in [-0.4, -0.2) is 39.2 Å². The highest BCUT2D eigenvalue weighted by Crippen LogP contribution is 2.25. The molecule has 3 aromatic rings. The monoisotopic (exact) mass is 391 g/mol. The summed E-state index contributed by atoms with van der Waals surface area (Å²) in [5.74, 6) is 2.57. The fraction of sp³-hybridized carbons (Fsp3) is 0.318. The predicted octanol–water partition coefficient (Wildman–Crippen LogP) is 3.04. The molecule has 4 rings (SSSR count). The third-order valence-electron chi connectivity index (χ3n) is 5.21. The van der Waals surface area contributed by atoms with Crippen LogP contribution < -0.4 is 10.1 Å². The lowest BCUT2D eigenvalue weighted by atomic mass is 10.1. The van der Waals surface area contributed by atoms with Gasteiger partial charge in [-0.3, -0.25) is 4.79 Å². The molecule has 7 heteroatoms. The number of rotatable bonds is 7. The van der Waals surface area contributed by atoms with Crippen LogP contribution in [0, 0.1) is 0 Å². The molecule has 0 bridgehead atoms. The summed E-state index contributed by atoms with van der Waals surface area (Å²) in [6.07, 6.45) is 0.706. The quantitative estimate of drug-likeness (QED) is 0.670. The second-order valence-electron chi connectivity index (χ2n) is 7.16. The zero-order chi connectivity index (χ0) is 20.2. The number of aromatic nitrogens is 3. The SMILES string of the molecule is COc1ccc(CN2Cc3nnc(CCNc4ccccc4)n3[C@@H](C)C2=O)cc1. The maximum atomic E-state index is 13.0. The molecule has 1 aromatic heterocycles. The fourth-order valence-electron chi connectivity index (χ4n) is 3.67. The van der Waals surface area contributed by atoms with Gasteiger partial charge in [0.1, 0.15) is 17.6 Å². The van der Waals surface area contributed by atoms with Gasteiger partial charge >= 0.3 is 0 Å². The highest BCUT2D eigenvalue weighted by Gasteiger charge is 2.32. The van der Waals surface area contributed by atoms with Crippen LogP contribution in [-0.2, 0) is 24.3 Å². The van der Waals surface area contributed by atoms with Crippen molar-refractivity contribution in [1.82, 2.24) is 19.7 Å². The van der Waals surface area contributed by atoms with Crippen LogP contribution in [0.15, 0.2) is 54.6 Å². The van der Waals surface area contributed by atoms with Crippen LogP contribution >= 0.6 is 0 Å². The van der Waals surface area contributed by atoms with Gasteiger partial charge in [-0.2, -0.15) is 0 Å². The number of nitrogens with zero attached hydrogens (tertiary/aromatic N) is 4. The van der Waals surface area contributed by atoms with E-state index < -0.39 is 0 Å². The minimum Gasteiger partial charge on any atom is -0.497 e. The van der Waals surface area contributed by atoms with Crippen LogP contribution in [0.5, 0.6) is 5.75 Å². The molecule has 7 nitrogen and oxygen atoms in total. The van der Waals surface area contributed by atoms with Crippen molar-refractivity contribution in [3.63, 3.8) is 0 Å². The highest BCUT2D eigenvalue weighted by atomic mass is 16.5. The van der Waals surface area contributed by atoms with Gasteiger partial charge in [0.15, 0.2) is 5.82 Å². The van der Waals surface area contributed by atoms with Crippen LogP contribution in [0.3, 0.4) is 0 Å². The van der Waals surface area contributed by atoms with Crippen molar-refractivity contribution in [2.45, 2.75) is 32.5 Å². The molecule has 0 saturated heterocycles. The van der Waals surface area contributed by atoms with Gasteiger partial charge in [0, 0.05) is 25.2 Å². The molecule has 0 saturated carbocycles. The first-order chi connectivity index (χ1) is 14.2. The summed E-state index contributed by atoms with van der Waals surface area (Å²) in [5.41, 5.74) is 2.13. The molecule has 1 atom stereocenters. The normalized spacial score (nSPS) is 15.9. The number of nitrogens with one attached hydrogen (secondary N) is 1. The second kappa shape index (κ2) is 8.34. The Kier molecular flexibility index (Phi) is 5.46. The molecule has 1 aliphatic rings. The topological polar surface area (TPSA) is 72.3 Å². The van der Waals surface area contributed by atoms with Gasteiger partial charge in [-0.15, -0.1) is 10.2 Å². The Labute approximate surface area is 170 Å². The number of hydrogen-bond donors (Lipinski definition) is 1. The van der Waals surface area contributed by atoms with E-state index in [0.29, 0.717) is 19.5 Å². The van der Waals surface area contributed by atoms with Gasteiger partial charge in [-0.1, -0.05) is 30.3 Å². The smallest absolute Gasteiger partial charge is 0.246 e. The van der Waals surface area contributed by atoms with Gasteiger partial charge in [-0.05, 0) is 36.8 Å². The van der Waals surface area contributed by atoms with Crippen LogP contribution in [0.2, 0.25) is 0 Å². The predicted molar refractivity (Wildman–Crippen MR) is 111 cm³/mol. The minimum absolute atomic E-state index is 0.0883. The Hall–Kier alpha value is -3.35. The lowest BCUT2D eigenvalue weighted by Gasteiger charge is -2.32. The lowest BCUT2D eigenvalue weighted by molar-refractivity contribution is -0.137. The number of ether oxygens (including phenoxy) is 1. The fourth-order valence-corrected chi connectivity index (χ4v) is 3.67. The summed E-state index contributed by atoms with van der Waals surface area (Å²) in [6, 6.07) is 17.5. The average molecular weight is 391 g/mol. The molecule has 2 aromatic carbocycles. The van der Waals surface area contributed by atoms with Gasteiger partial charge in [0.2, 0.25) is 5.91 Å². The van der Waals surface area contributed by atoms with Gasteiger partial charge in [0.05, 0.1) is 13.7 Å². The Balaban J connectivity index is 1.43. The zero-order valence-electron chi connectivity index (χ0n) is 16.7. The van der Waals surface area contributed by atoms with Crippen molar-refractivity contribution in [2.75, 3.05) is 19.0 Å². The summed E-state index contributed by atoms with van der Waals surface area (Å²) < 4.78 is 7.19. The number of para-hydroxylation sites is 1. The van der Waals surface area contributed by atoms with E-state index in [1.165, 1.54) is 0 Å². The van der Waals surface area contributed by atoms with Gasteiger partial charge < -0.3 is 19.5 Å². The first-order valence-corrected chi connectivity index (χ1v) is 9.79. The first kappa shape index (κ1) is 19.0. The average Bonchev–Trinajstić information content (AvgIpc) is 3.16. The molecule has 150 valence electrons. The molecule has 29 heavy (non-hydrogen) atoms. The van der Waals surface area contributed by atoms with Crippen LogP contribution in [0.25, 0.3) is 0 Å². The van der Waals surface area contributed by atoms with Gasteiger partial charge in [-0.25, -0.2) is 0 Å². The molecule has 1 amide bonds. The third-order valence-corrected chi connectivity index (χ3v) is 5.21. The van der Waals surface area contributed by atoms with Crippen LogP contribution in [0.4, 0.5) is 5.69 Å². The number of fused-ring (bicyclic) bond motifs is 1. The number of benzene rings is 2. The van der Waals surface area contributed by atoms with E-state index in [1.807, 2.05) is 71.0 Å². The van der Waals surface area contributed by atoms with Crippen LogP contribution in [0.1, 0.15) is 30.2 Å². The summed E-state index contributed by atoms with van der Waals surface area (Å²) in [5, 5.41) is 12.1. The third kappa shape index (κ3) is 4.08. The molecule has 1 aliphatic heterocycles. The van der Waals surface area contributed by atoms with Crippen molar-refractivity contribution in [1.29, 1.82) is 0 Å². The molecule has 0 unspecified atom stereocenters. The summed E-state index contributed by atoms with van der Waals surface area (Å²) in [4.78, 5) is 14.8.